The Kier molecular flexibility index (Phi) is 4.61. The molecule has 0 fully saturated rings. The SMILES string of the molecule is Cc1nc(CCNc2ccc(C(N)=S)c(F)c2F)cs1. The van der Waals surface area contributed by atoms with Crippen molar-refractivity contribution in [1.82, 2.24) is 4.98 Å². The van der Waals surface area contributed by atoms with Gasteiger partial charge in [0.25, 0.3) is 0 Å². The molecule has 2 aromatic rings. The van der Waals surface area contributed by atoms with Crippen LogP contribution in [0.15, 0.2) is 17.5 Å². The molecule has 20 heavy (non-hydrogen) atoms. The number of nitrogens with two attached hydrogens (primary N) is 1. The minimum absolute atomic E-state index is 0.0850. The van der Waals surface area contributed by atoms with Crippen LogP contribution in [0.1, 0.15) is 16.3 Å². The van der Waals surface area contributed by atoms with E-state index in [-0.39, 0.29) is 16.2 Å². The average Bonchev–Trinajstić information content (AvgIpc) is 2.80. The van der Waals surface area contributed by atoms with Crippen molar-refractivity contribution in [2.75, 3.05) is 11.9 Å². The largest absolute Gasteiger partial charge is 0.389 e. The summed E-state index contributed by atoms with van der Waals surface area (Å²) in [5.41, 5.74) is 6.25. The fourth-order valence-electron chi connectivity index (χ4n) is 1.72. The molecule has 106 valence electrons. The molecule has 0 saturated heterocycles. The topological polar surface area (TPSA) is 50.9 Å². The van der Waals surface area contributed by atoms with Gasteiger partial charge < -0.3 is 11.1 Å². The summed E-state index contributed by atoms with van der Waals surface area (Å²) in [6, 6.07) is 2.80. The van der Waals surface area contributed by atoms with E-state index in [0.29, 0.717) is 13.0 Å². The number of aryl methyl sites for hydroxylation is 1. The molecule has 0 unspecified atom stereocenters. The predicted octanol–water partition coefficient (Wildman–Crippen LogP) is 3.02. The first-order valence-electron chi connectivity index (χ1n) is 5.91. The normalized spacial score (nSPS) is 10.6. The van der Waals surface area contributed by atoms with E-state index in [0.717, 1.165) is 10.7 Å². The maximum Gasteiger partial charge on any atom is 0.182 e. The summed E-state index contributed by atoms with van der Waals surface area (Å²) < 4.78 is 27.5. The van der Waals surface area contributed by atoms with Gasteiger partial charge in [0.1, 0.15) is 4.99 Å². The molecule has 1 aromatic carbocycles. The minimum atomic E-state index is -1.02. The van der Waals surface area contributed by atoms with Crippen LogP contribution in [-0.2, 0) is 6.42 Å². The van der Waals surface area contributed by atoms with Crippen LogP contribution >= 0.6 is 23.6 Å². The maximum atomic E-state index is 13.8. The highest BCUT2D eigenvalue weighted by atomic mass is 32.1. The van der Waals surface area contributed by atoms with E-state index >= 15 is 0 Å². The van der Waals surface area contributed by atoms with Crippen molar-refractivity contribution in [3.63, 3.8) is 0 Å². The molecular formula is C13H13F2N3S2. The molecule has 0 aliphatic rings. The first-order valence-corrected chi connectivity index (χ1v) is 7.20. The Labute approximate surface area is 124 Å². The summed E-state index contributed by atoms with van der Waals surface area (Å²) in [7, 11) is 0. The van der Waals surface area contributed by atoms with Gasteiger partial charge in [0.2, 0.25) is 0 Å². The Balaban J connectivity index is 2.03. The molecule has 0 radical (unpaired) electrons. The quantitative estimate of drug-likeness (QED) is 0.833. The second-order valence-corrected chi connectivity index (χ2v) is 5.69. The van der Waals surface area contributed by atoms with E-state index < -0.39 is 11.6 Å². The third kappa shape index (κ3) is 3.29. The number of nitrogens with one attached hydrogen (secondary N) is 1. The predicted molar refractivity (Wildman–Crippen MR) is 81.3 cm³/mol. The Morgan fingerprint density at radius 3 is 2.75 bits per heavy atom. The lowest BCUT2D eigenvalue weighted by molar-refractivity contribution is 0.509. The number of thiocarbonyl (C=S) groups is 1. The number of hydrogen-bond acceptors (Lipinski definition) is 4. The summed E-state index contributed by atoms with van der Waals surface area (Å²) in [4.78, 5) is 4.14. The number of rotatable bonds is 5. The molecule has 2 rings (SSSR count). The summed E-state index contributed by atoms with van der Waals surface area (Å²) >= 11 is 6.21. The van der Waals surface area contributed by atoms with E-state index in [1.54, 1.807) is 11.3 Å². The zero-order valence-electron chi connectivity index (χ0n) is 10.7. The number of hydrogen-bond donors (Lipinski definition) is 2. The van der Waals surface area contributed by atoms with Crippen LogP contribution in [0.3, 0.4) is 0 Å². The lowest BCUT2D eigenvalue weighted by atomic mass is 10.1. The number of anilines is 1. The molecule has 0 saturated carbocycles. The van der Waals surface area contributed by atoms with Crippen molar-refractivity contribution >= 4 is 34.2 Å². The molecule has 0 bridgehead atoms. The van der Waals surface area contributed by atoms with E-state index in [4.69, 9.17) is 5.73 Å². The average molecular weight is 313 g/mol. The minimum Gasteiger partial charge on any atom is -0.389 e. The van der Waals surface area contributed by atoms with Crippen molar-refractivity contribution < 1.29 is 8.78 Å². The summed E-state index contributed by atoms with van der Waals surface area (Å²) in [5.74, 6) is -1.99. The summed E-state index contributed by atoms with van der Waals surface area (Å²) in [6.07, 6.45) is 0.641. The number of benzene rings is 1. The fraction of sp³-hybridized carbons (Fsp3) is 0.231. The van der Waals surface area contributed by atoms with E-state index in [1.165, 1.54) is 12.1 Å². The molecule has 1 aromatic heterocycles. The Hall–Kier alpha value is -1.60. The van der Waals surface area contributed by atoms with Gasteiger partial charge in [-0.05, 0) is 19.1 Å². The van der Waals surface area contributed by atoms with Crippen molar-refractivity contribution in [2.45, 2.75) is 13.3 Å². The van der Waals surface area contributed by atoms with E-state index in [1.807, 2.05) is 12.3 Å². The number of thiazole rings is 1. The molecule has 0 atom stereocenters. The lowest BCUT2D eigenvalue weighted by Crippen LogP contribution is -2.14. The molecular weight excluding hydrogens is 300 g/mol. The van der Waals surface area contributed by atoms with Crippen LogP contribution in [-0.4, -0.2) is 16.5 Å². The first-order chi connectivity index (χ1) is 9.49. The highest BCUT2D eigenvalue weighted by molar-refractivity contribution is 7.80. The van der Waals surface area contributed by atoms with Crippen LogP contribution in [0, 0.1) is 18.6 Å². The zero-order chi connectivity index (χ0) is 14.7. The first kappa shape index (κ1) is 14.8. The van der Waals surface area contributed by atoms with E-state index in [2.05, 4.69) is 22.5 Å². The van der Waals surface area contributed by atoms with Gasteiger partial charge in [-0.2, -0.15) is 0 Å². The van der Waals surface area contributed by atoms with Gasteiger partial charge in [-0.15, -0.1) is 11.3 Å². The molecule has 1 heterocycles. The van der Waals surface area contributed by atoms with Gasteiger partial charge in [0.05, 0.1) is 16.4 Å². The molecule has 3 N–H and O–H groups in total. The van der Waals surface area contributed by atoms with Crippen molar-refractivity contribution in [3.05, 3.63) is 45.4 Å². The van der Waals surface area contributed by atoms with Crippen LogP contribution in [0.4, 0.5) is 14.5 Å². The number of halogens is 2. The molecule has 0 spiro atoms. The van der Waals surface area contributed by atoms with Crippen LogP contribution in [0.2, 0.25) is 0 Å². The third-order valence-electron chi connectivity index (χ3n) is 2.71. The molecule has 3 nitrogen and oxygen atoms in total. The second-order valence-electron chi connectivity index (χ2n) is 4.19. The number of nitrogens with zero attached hydrogens (tertiary/aromatic N) is 1. The molecule has 7 heteroatoms. The van der Waals surface area contributed by atoms with Gasteiger partial charge in [0, 0.05) is 23.9 Å². The highest BCUT2D eigenvalue weighted by Crippen LogP contribution is 2.20. The standard InChI is InChI=1S/C13H13F2N3S2/c1-7-18-8(6-20-7)4-5-17-10-3-2-9(13(16)19)11(14)12(10)15/h2-3,6,17H,4-5H2,1H3,(H2,16,19). The van der Waals surface area contributed by atoms with Gasteiger partial charge >= 0.3 is 0 Å². The Bertz CT molecular complexity index is 641. The van der Waals surface area contributed by atoms with Crippen LogP contribution < -0.4 is 11.1 Å². The summed E-state index contributed by atoms with van der Waals surface area (Å²) in [5, 5.41) is 5.78. The number of aromatic nitrogens is 1. The Morgan fingerprint density at radius 2 is 2.15 bits per heavy atom. The lowest BCUT2D eigenvalue weighted by Gasteiger charge is -2.09. The fourth-order valence-corrected chi connectivity index (χ4v) is 2.53. The van der Waals surface area contributed by atoms with Crippen molar-refractivity contribution in [3.8, 4) is 0 Å². The van der Waals surface area contributed by atoms with Gasteiger partial charge in [0.15, 0.2) is 11.6 Å². The van der Waals surface area contributed by atoms with Gasteiger partial charge in [-0.25, -0.2) is 13.8 Å². The van der Waals surface area contributed by atoms with Gasteiger partial charge in [-0.3, -0.25) is 0 Å². The monoisotopic (exact) mass is 313 g/mol. The van der Waals surface area contributed by atoms with Gasteiger partial charge in [-0.1, -0.05) is 12.2 Å². The van der Waals surface area contributed by atoms with Crippen LogP contribution in [0.25, 0.3) is 0 Å². The highest BCUT2D eigenvalue weighted by Gasteiger charge is 2.14. The smallest absolute Gasteiger partial charge is 0.182 e. The second kappa shape index (κ2) is 6.23. The van der Waals surface area contributed by atoms with Crippen molar-refractivity contribution in [1.29, 1.82) is 0 Å². The third-order valence-corrected chi connectivity index (χ3v) is 3.75. The molecule has 0 amide bonds. The Morgan fingerprint density at radius 1 is 1.40 bits per heavy atom. The van der Waals surface area contributed by atoms with Crippen molar-refractivity contribution in [2.24, 2.45) is 5.73 Å². The van der Waals surface area contributed by atoms with Crippen LogP contribution in [0.5, 0.6) is 0 Å². The maximum absolute atomic E-state index is 13.8. The zero-order valence-corrected chi connectivity index (χ0v) is 12.4. The molecule has 0 aliphatic heterocycles. The summed E-state index contributed by atoms with van der Waals surface area (Å²) in [6.45, 7) is 2.39. The molecule has 0 aliphatic carbocycles. The van der Waals surface area contributed by atoms with E-state index in [9.17, 15) is 8.78 Å².